The van der Waals surface area contributed by atoms with Gasteiger partial charge in [-0.2, -0.15) is 0 Å². The number of carbonyl (C=O) groups is 2. The van der Waals surface area contributed by atoms with Gasteiger partial charge in [-0.1, -0.05) is 37.6 Å². The molecule has 0 saturated carbocycles. The third-order valence-electron chi connectivity index (χ3n) is 7.19. The van der Waals surface area contributed by atoms with Gasteiger partial charge in [0.15, 0.2) is 17.3 Å². The maximum atomic E-state index is 13.9. The van der Waals surface area contributed by atoms with Gasteiger partial charge in [-0.05, 0) is 56.4 Å². The molecule has 0 bridgehead atoms. The van der Waals surface area contributed by atoms with E-state index in [4.69, 9.17) is 18.9 Å². The topological polar surface area (TPSA) is 83.1 Å². The number of nitrogens with one attached hydrogen (secondary N) is 1. The Balaban J connectivity index is 1.78. The molecule has 0 unspecified atom stereocenters. The zero-order chi connectivity index (χ0) is 27.2. The number of allylic oxidation sites excluding steroid dienone is 3. The standard InChI is InChI=1S/C31H37NO6/c1-6-8-15-38-25-12-10-9-11-22(25)29-28(31(34)37-7-2)19(3)32-23-16-21(17-24(33)30(23)29)20-13-14-26(35-4)27(18-20)36-5/h9-14,18,21,29,32H,6-8,15-17H2,1-5H3/t21-,29-/m0/s1. The predicted octanol–water partition coefficient (Wildman–Crippen LogP) is 5.81. The summed E-state index contributed by atoms with van der Waals surface area (Å²) in [5.41, 5.74) is 4.40. The molecule has 1 aliphatic heterocycles. The molecular weight excluding hydrogens is 482 g/mol. The van der Waals surface area contributed by atoms with Crippen molar-refractivity contribution in [2.45, 2.75) is 58.3 Å². The zero-order valence-corrected chi connectivity index (χ0v) is 22.9. The maximum absolute atomic E-state index is 13.9. The van der Waals surface area contributed by atoms with Gasteiger partial charge in [0, 0.05) is 29.0 Å². The summed E-state index contributed by atoms with van der Waals surface area (Å²) in [4.78, 5) is 27.1. The number of Topliss-reactive ketones (excluding diaryl/α,β-unsaturated/α-hetero) is 1. The Morgan fingerprint density at radius 1 is 1.00 bits per heavy atom. The average molecular weight is 520 g/mol. The van der Waals surface area contributed by atoms with Crippen LogP contribution in [0.3, 0.4) is 0 Å². The first-order valence-electron chi connectivity index (χ1n) is 13.3. The van der Waals surface area contributed by atoms with E-state index < -0.39 is 11.9 Å². The van der Waals surface area contributed by atoms with Gasteiger partial charge in [-0.3, -0.25) is 4.79 Å². The lowest BCUT2D eigenvalue weighted by Gasteiger charge is -2.37. The molecular formula is C31H37NO6. The quantitative estimate of drug-likeness (QED) is 0.313. The van der Waals surface area contributed by atoms with Gasteiger partial charge in [-0.25, -0.2) is 4.79 Å². The highest BCUT2D eigenvalue weighted by atomic mass is 16.5. The van der Waals surface area contributed by atoms with Crippen LogP contribution in [0.2, 0.25) is 0 Å². The summed E-state index contributed by atoms with van der Waals surface area (Å²) in [7, 11) is 3.21. The summed E-state index contributed by atoms with van der Waals surface area (Å²) >= 11 is 0. The molecule has 0 fully saturated rings. The van der Waals surface area contributed by atoms with Crippen molar-refractivity contribution >= 4 is 11.8 Å². The van der Waals surface area contributed by atoms with Crippen molar-refractivity contribution in [1.29, 1.82) is 0 Å². The molecule has 0 radical (unpaired) electrons. The minimum absolute atomic E-state index is 0.00111. The summed E-state index contributed by atoms with van der Waals surface area (Å²) in [6.45, 7) is 6.58. The van der Waals surface area contributed by atoms with Crippen molar-refractivity contribution in [2.24, 2.45) is 0 Å². The van der Waals surface area contributed by atoms with Gasteiger partial charge >= 0.3 is 5.97 Å². The smallest absolute Gasteiger partial charge is 0.336 e. The summed E-state index contributed by atoms with van der Waals surface area (Å²) in [5.74, 6) is 0.930. The molecule has 38 heavy (non-hydrogen) atoms. The number of ether oxygens (including phenoxy) is 4. The van der Waals surface area contributed by atoms with E-state index in [1.165, 1.54) is 0 Å². The first kappa shape index (κ1) is 27.3. The Hall–Kier alpha value is -3.74. The lowest BCUT2D eigenvalue weighted by Crippen LogP contribution is -2.36. The Morgan fingerprint density at radius 3 is 2.47 bits per heavy atom. The molecule has 0 spiro atoms. The predicted molar refractivity (Wildman–Crippen MR) is 146 cm³/mol. The van der Waals surface area contributed by atoms with Crippen molar-refractivity contribution in [3.63, 3.8) is 0 Å². The first-order chi connectivity index (χ1) is 18.4. The Morgan fingerprint density at radius 2 is 1.76 bits per heavy atom. The van der Waals surface area contributed by atoms with E-state index in [-0.39, 0.29) is 18.3 Å². The number of benzene rings is 2. The summed E-state index contributed by atoms with van der Waals surface area (Å²) in [5, 5.41) is 3.40. The molecule has 2 atom stereocenters. The molecule has 1 N–H and O–H groups in total. The third-order valence-corrected chi connectivity index (χ3v) is 7.19. The molecule has 1 heterocycles. The van der Waals surface area contributed by atoms with Crippen LogP contribution in [0.15, 0.2) is 65.0 Å². The van der Waals surface area contributed by atoms with Crippen molar-refractivity contribution in [2.75, 3.05) is 27.4 Å². The fourth-order valence-electron chi connectivity index (χ4n) is 5.35. The van der Waals surface area contributed by atoms with Crippen LogP contribution in [0.5, 0.6) is 17.2 Å². The van der Waals surface area contributed by atoms with Crippen molar-refractivity contribution < 1.29 is 28.5 Å². The van der Waals surface area contributed by atoms with Gasteiger partial charge in [0.2, 0.25) is 0 Å². The Kier molecular flexibility index (Phi) is 8.77. The fraction of sp³-hybridized carbons (Fsp3) is 0.419. The Bertz CT molecular complexity index is 1260. The van der Waals surface area contributed by atoms with Crippen LogP contribution >= 0.6 is 0 Å². The van der Waals surface area contributed by atoms with Gasteiger partial charge in [0.1, 0.15) is 5.75 Å². The molecule has 202 valence electrons. The number of esters is 1. The van der Waals surface area contributed by atoms with Crippen LogP contribution in [-0.4, -0.2) is 39.2 Å². The number of unbranched alkanes of at least 4 members (excludes halogenated alkanes) is 1. The second-order valence-corrected chi connectivity index (χ2v) is 9.59. The molecule has 0 saturated heterocycles. The lowest BCUT2D eigenvalue weighted by atomic mass is 9.71. The number of carbonyl (C=O) groups excluding carboxylic acids is 2. The van der Waals surface area contributed by atoms with Crippen LogP contribution in [0.25, 0.3) is 0 Å². The SMILES string of the molecule is CCCCOc1ccccc1[C@H]1C(C(=O)OCC)=C(C)NC2=C1C(=O)C[C@@H](c1ccc(OC)c(OC)c1)C2. The largest absolute Gasteiger partial charge is 0.493 e. The van der Waals surface area contributed by atoms with Crippen LogP contribution in [0, 0.1) is 0 Å². The highest BCUT2D eigenvalue weighted by molar-refractivity contribution is 6.04. The minimum atomic E-state index is -0.568. The molecule has 4 rings (SSSR count). The van der Waals surface area contributed by atoms with Gasteiger partial charge < -0.3 is 24.3 Å². The van der Waals surface area contributed by atoms with Gasteiger partial charge in [0.05, 0.1) is 38.9 Å². The van der Waals surface area contributed by atoms with E-state index in [1.54, 1.807) is 21.1 Å². The van der Waals surface area contributed by atoms with Crippen LogP contribution in [-0.2, 0) is 14.3 Å². The highest BCUT2D eigenvalue weighted by Crippen LogP contribution is 2.48. The summed E-state index contributed by atoms with van der Waals surface area (Å²) in [6, 6.07) is 13.5. The number of methoxy groups -OCH3 is 2. The zero-order valence-electron chi connectivity index (χ0n) is 22.9. The van der Waals surface area contributed by atoms with E-state index >= 15 is 0 Å². The Labute approximate surface area is 224 Å². The van der Waals surface area contributed by atoms with Crippen LogP contribution in [0.1, 0.15) is 69.4 Å². The molecule has 2 aromatic carbocycles. The first-order valence-corrected chi connectivity index (χ1v) is 13.3. The van der Waals surface area contributed by atoms with E-state index in [0.29, 0.717) is 53.5 Å². The molecule has 0 aromatic heterocycles. The molecule has 7 heteroatoms. The number of para-hydroxylation sites is 1. The van der Waals surface area contributed by atoms with Crippen molar-refractivity contribution in [3.8, 4) is 17.2 Å². The van der Waals surface area contributed by atoms with Crippen LogP contribution < -0.4 is 19.5 Å². The van der Waals surface area contributed by atoms with E-state index in [2.05, 4.69) is 12.2 Å². The number of rotatable bonds is 10. The van der Waals surface area contributed by atoms with E-state index in [0.717, 1.165) is 29.7 Å². The number of hydrogen-bond acceptors (Lipinski definition) is 7. The molecule has 2 aromatic rings. The second kappa shape index (κ2) is 12.2. The highest BCUT2D eigenvalue weighted by Gasteiger charge is 2.42. The molecule has 7 nitrogen and oxygen atoms in total. The number of dihydropyridines is 1. The monoisotopic (exact) mass is 519 g/mol. The average Bonchev–Trinajstić information content (AvgIpc) is 2.92. The molecule has 2 aliphatic rings. The van der Waals surface area contributed by atoms with E-state index in [1.807, 2.05) is 49.4 Å². The lowest BCUT2D eigenvalue weighted by molar-refractivity contribution is -0.138. The second-order valence-electron chi connectivity index (χ2n) is 9.59. The number of ketones is 1. The summed E-state index contributed by atoms with van der Waals surface area (Å²) < 4.78 is 22.5. The van der Waals surface area contributed by atoms with Gasteiger partial charge in [-0.15, -0.1) is 0 Å². The van der Waals surface area contributed by atoms with Crippen molar-refractivity contribution in [3.05, 3.63) is 76.1 Å². The fourth-order valence-corrected chi connectivity index (χ4v) is 5.35. The molecule has 0 amide bonds. The normalized spacial score (nSPS) is 19.0. The van der Waals surface area contributed by atoms with Crippen molar-refractivity contribution in [1.82, 2.24) is 5.32 Å². The minimum Gasteiger partial charge on any atom is -0.493 e. The van der Waals surface area contributed by atoms with Crippen LogP contribution in [0.4, 0.5) is 0 Å². The maximum Gasteiger partial charge on any atom is 0.336 e. The number of hydrogen-bond donors (Lipinski definition) is 1. The van der Waals surface area contributed by atoms with Gasteiger partial charge in [0.25, 0.3) is 0 Å². The summed E-state index contributed by atoms with van der Waals surface area (Å²) in [6.07, 6.45) is 2.87. The molecule has 1 aliphatic carbocycles. The van der Waals surface area contributed by atoms with E-state index in [9.17, 15) is 9.59 Å². The third kappa shape index (κ3) is 5.42.